The molecule has 2 N–H and O–H groups in total. The molecule has 2 aromatic carbocycles. The Kier molecular flexibility index (Phi) is 7.44. The smallest absolute Gasteiger partial charge is 0.351 e. The molecule has 3 aromatic rings. The van der Waals surface area contributed by atoms with Crippen molar-refractivity contribution in [1.82, 2.24) is 15.4 Å². The summed E-state index contributed by atoms with van der Waals surface area (Å²) in [5.41, 5.74) is 6.10. The Morgan fingerprint density at radius 2 is 1.85 bits per heavy atom. The van der Waals surface area contributed by atoms with Crippen molar-refractivity contribution >= 4 is 46.4 Å². The standard InChI is InChI=1S/C23H22Cl2N6O3/c24-17-6-7-18(19(25)13-17)23(32)29-28-21-20(31(33)34)22(27-14-26-21)30-10-8-16(9-11-30)12-15-4-2-1-3-5-15/h1-7,13-14,16H,8-12H2,(H,29,32)(H,26,27,28). The molecule has 0 unspecified atom stereocenters. The molecule has 2 heterocycles. The first-order valence-corrected chi connectivity index (χ1v) is 11.5. The van der Waals surface area contributed by atoms with Crippen molar-refractivity contribution in [2.24, 2.45) is 5.92 Å². The number of rotatable bonds is 7. The van der Waals surface area contributed by atoms with Gasteiger partial charge in [-0.25, -0.2) is 9.97 Å². The first-order chi connectivity index (χ1) is 16.4. The number of aromatic nitrogens is 2. The van der Waals surface area contributed by atoms with E-state index in [0.29, 0.717) is 24.0 Å². The first kappa shape index (κ1) is 23.7. The van der Waals surface area contributed by atoms with Crippen LogP contribution >= 0.6 is 23.2 Å². The van der Waals surface area contributed by atoms with Gasteiger partial charge < -0.3 is 4.90 Å². The van der Waals surface area contributed by atoms with Crippen molar-refractivity contribution in [1.29, 1.82) is 0 Å². The third kappa shape index (κ3) is 5.55. The molecule has 1 aliphatic rings. The second-order valence-electron chi connectivity index (χ2n) is 7.98. The van der Waals surface area contributed by atoms with E-state index < -0.39 is 10.8 Å². The van der Waals surface area contributed by atoms with Crippen molar-refractivity contribution in [3.63, 3.8) is 0 Å². The number of halogens is 2. The summed E-state index contributed by atoms with van der Waals surface area (Å²) in [5.74, 6) is 0.0256. The normalized spacial score (nSPS) is 14.0. The van der Waals surface area contributed by atoms with Gasteiger partial charge in [-0.3, -0.25) is 25.8 Å². The maximum Gasteiger partial charge on any atom is 0.355 e. The lowest BCUT2D eigenvalue weighted by Crippen LogP contribution is -2.36. The molecular weight excluding hydrogens is 479 g/mol. The molecule has 34 heavy (non-hydrogen) atoms. The van der Waals surface area contributed by atoms with E-state index in [-0.39, 0.29) is 27.9 Å². The van der Waals surface area contributed by atoms with Gasteiger partial charge in [-0.05, 0) is 48.9 Å². The number of nitrogens with one attached hydrogen (secondary N) is 2. The molecular formula is C23H22Cl2N6O3. The Morgan fingerprint density at radius 3 is 2.53 bits per heavy atom. The van der Waals surface area contributed by atoms with E-state index in [9.17, 15) is 14.9 Å². The molecule has 4 rings (SSSR count). The van der Waals surface area contributed by atoms with E-state index in [0.717, 1.165) is 19.3 Å². The predicted molar refractivity (Wildman–Crippen MR) is 131 cm³/mol. The summed E-state index contributed by atoms with van der Waals surface area (Å²) in [4.78, 5) is 33.9. The number of anilines is 2. The molecule has 9 nitrogen and oxygen atoms in total. The van der Waals surface area contributed by atoms with Crippen LogP contribution in [0.25, 0.3) is 0 Å². The molecule has 0 aliphatic carbocycles. The second kappa shape index (κ2) is 10.7. The van der Waals surface area contributed by atoms with Gasteiger partial charge in [0.1, 0.15) is 6.33 Å². The summed E-state index contributed by atoms with van der Waals surface area (Å²) in [6.07, 6.45) is 4.00. The molecule has 1 fully saturated rings. The Balaban J connectivity index is 1.45. The maximum atomic E-state index is 12.5. The zero-order chi connectivity index (χ0) is 24.1. The summed E-state index contributed by atoms with van der Waals surface area (Å²) in [6.45, 7) is 1.28. The molecule has 0 spiro atoms. The number of piperidine rings is 1. The lowest BCUT2D eigenvalue weighted by atomic mass is 9.90. The minimum absolute atomic E-state index is 0.111. The zero-order valence-electron chi connectivity index (χ0n) is 18.1. The first-order valence-electron chi connectivity index (χ1n) is 10.7. The van der Waals surface area contributed by atoms with E-state index in [1.165, 1.54) is 30.1 Å². The van der Waals surface area contributed by atoms with Crippen LogP contribution < -0.4 is 15.8 Å². The lowest BCUT2D eigenvalue weighted by molar-refractivity contribution is -0.383. The largest absolute Gasteiger partial charge is 0.355 e. The number of hydrogen-bond donors (Lipinski definition) is 2. The molecule has 1 aliphatic heterocycles. The van der Waals surface area contributed by atoms with Crippen molar-refractivity contribution < 1.29 is 9.72 Å². The molecule has 0 saturated carbocycles. The third-order valence-corrected chi connectivity index (χ3v) is 6.28. The number of hydrazine groups is 1. The van der Waals surface area contributed by atoms with Crippen LogP contribution in [0.15, 0.2) is 54.9 Å². The van der Waals surface area contributed by atoms with E-state index in [1.807, 2.05) is 23.1 Å². The van der Waals surface area contributed by atoms with Crippen LogP contribution in [0.5, 0.6) is 0 Å². The van der Waals surface area contributed by atoms with Gasteiger partial charge in [0.15, 0.2) is 0 Å². The van der Waals surface area contributed by atoms with Crippen molar-refractivity contribution in [2.75, 3.05) is 23.4 Å². The molecule has 1 amide bonds. The van der Waals surface area contributed by atoms with Crippen LogP contribution in [0.3, 0.4) is 0 Å². The van der Waals surface area contributed by atoms with Crippen LogP contribution in [0, 0.1) is 16.0 Å². The molecule has 176 valence electrons. The van der Waals surface area contributed by atoms with Crippen molar-refractivity contribution in [3.05, 3.63) is 86.1 Å². The van der Waals surface area contributed by atoms with Crippen LogP contribution in [-0.2, 0) is 6.42 Å². The average molecular weight is 501 g/mol. The fourth-order valence-corrected chi connectivity index (χ4v) is 4.51. The minimum atomic E-state index is -0.585. The Bertz CT molecular complexity index is 1190. The van der Waals surface area contributed by atoms with Crippen LogP contribution in [0.2, 0.25) is 10.0 Å². The van der Waals surface area contributed by atoms with Crippen LogP contribution in [0.1, 0.15) is 28.8 Å². The summed E-state index contributed by atoms with van der Waals surface area (Å²) in [6, 6.07) is 14.7. The highest BCUT2D eigenvalue weighted by atomic mass is 35.5. The van der Waals surface area contributed by atoms with Gasteiger partial charge in [0.2, 0.25) is 11.6 Å². The van der Waals surface area contributed by atoms with Crippen molar-refractivity contribution in [3.8, 4) is 0 Å². The number of nitro groups is 1. The Hall–Kier alpha value is -3.43. The number of hydrogen-bond acceptors (Lipinski definition) is 7. The van der Waals surface area contributed by atoms with Crippen molar-refractivity contribution in [2.45, 2.75) is 19.3 Å². The number of carbonyl (C=O) groups excluding carboxylic acids is 1. The number of benzene rings is 2. The van der Waals surface area contributed by atoms with Gasteiger partial charge in [-0.15, -0.1) is 0 Å². The molecule has 1 saturated heterocycles. The molecule has 11 heteroatoms. The topological polar surface area (TPSA) is 113 Å². The van der Waals surface area contributed by atoms with Gasteiger partial charge in [0.25, 0.3) is 5.91 Å². The highest BCUT2D eigenvalue weighted by molar-refractivity contribution is 6.36. The highest BCUT2D eigenvalue weighted by Crippen LogP contribution is 2.34. The van der Waals surface area contributed by atoms with Gasteiger partial charge >= 0.3 is 5.69 Å². The quantitative estimate of drug-likeness (QED) is 0.350. The number of amides is 1. The fraction of sp³-hybridized carbons (Fsp3) is 0.261. The van der Waals surface area contributed by atoms with Gasteiger partial charge in [0, 0.05) is 18.1 Å². The summed E-state index contributed by atoms with van der Waals surface area (Å²) < 4.78 is 0. The van der Waals surface area contributed by atoms with Crippen LogP contribution in [-0.4, -0.2) is 33.9 Å². The number of carbonyl (C=O) groups is 1. The van der Waals surface area contributed by atoms with E-state index >= 15 is 0 Å². The fourth-order valence-electron chi connectivity index (χ4n) is 4.01. The van der Waals surface area contributed by atoms with Gasteiger partial charge in [-0.2, -0.15) is 0 Å². The summed E-state index contributed by atoms with van der Waals surface area (Å²) >= 11 is 11.9. The highest BCUT2D eigenvalue weighted by Gasteiger charge is 2.30. The SMILES string of the molecule is O=C(NNc1ncnc(N2CCC(Cc3ccccc3)CC2)c1[N+](=O)[O-])c1ccc(Cl)cc1Cl. The molecule has 1 aromatic heterocycles. The third-order valence-electron chi connectivity index (χ3n) is 5.74. The van der Waals surface area contributed by atoms with Gasteiger partial charge in [0.05, 0.1) is 15.5 Å². The molecule has 0 atom stereocenters. The number of nitrogens with zero attached hydrogens (tertiary/aromatic N) is 4. The van der Waals surface area contributed by atoms with E-state index in [1.54, 1.807) is 0 Å². The predicted octanol–water partition coefficient (Wildman–Crippen LogP) is 4.91. The summed E-state index contributed by atoms with van der Waals surface area (Å²) in [5, 5.41) is 12.5. The van der Waals surface area contributed by atoms with Gasteiger partial charge in [-0.1, -0.05) is 53.5 Å². The molecule has 0 bridgehead atoms. The lowest BCUT2D eigenvalue weighted by Gasteiger charge is -2.32. The van der Waals surface area contributed by atoms with E-state index in [2.05, 4.69) is 33.0 Å². The Morgan fingerprint density at radius 1 is 1.12 bits per heavy atom. The van der Waals surface area contributed by atoms with Crippen LogP contribution in [0.4, 0.5) is 17.3 Å². The molecule has 0 radical (unpaired) electrons. The maximum absolute atomic E-state index is 12.5. The average Bonchev–Trinajstić information content (AvgIpc) is 2.83. The summed E-state index contributed by atoms with van der Waals surface area (Å²) in [7, 11) is 0. The monoisotopic (exact) mass is 500 g/mol. The Labute approximate surface area is 206 Å². The zero-order valence-corrected chi connectivity index (χ0v) is 19.6. The minimum Gasteiger partial charge on any atom is -0.351 e. The second-order valence-corrected chi connectivity index (χ2v) is 8.82. The van der Waals surface area contributed by atoms with E-state index in [4.69, 9.17) is 23.2 Å².